The molecule has 39 heavy (non-hydrogen) atoms. The number of nitrogens with zero attached hydrogens (tertiary/aromatic N) is 3. The molecular weight excluding hydrogens is 508 g/mol. The summed E-state index contributed by atoms with van der Waals surface area (Å²) in [6.45, 7) is 4.14. The van der Waals surface area contributed by atoms with Crippen molar-refractivity contribution in [3.8, 4) is 6.07 Å². The van der Waals surface area contributed by atoms with Gasteiger partial charge in [0.25, 0.3) is 11.1 Å². The number of nitrogens with one attached hydrogen (secondary N) is 1. The van der Waals surface area contributed by atoms with Gasteiger partial charge in [-0.3, -0.25) is 19.3 Å². The quantitative estimate of drug-likeness (QED) is 0.289. The van der Waals surface area contributed by atoms with Crippen LogP contribution in [-0.2, 0) is 22.6 Å². The molecule has 1 N–H and O–H groups in total. The number of rotatable bonds is 7. The Labute approximate surface area is 230 Å². The molecule has 3 aromatic carbocycles. The van der Waals surface area contributed by atoms with E-state index in [2.05, 4.69) is 16.0 Å². The van der Waals surface area contributed by atoms with Crippen molar-refractivity contribution >= 4 is 51.5 Å². The van der Waals surface area contributed by atoms with Crippen molar-refractivity contribution in [3.63, 3.8) is 0 Å². The topological polar surface area (TPSA) is 95.2 Å². The van der Waals surface area contributed by atoms with Gasteiger partial charge < -0.3 is 9.88 Å². The molecule has 0 atom stereocenters. The molecule has 1 aliphatic heterocycles. The Hall–Kier alpha value is -4.61. The maximum Gasteiger partial charge on any atom is 0.294 e. The predicted octanol–water partition coefficient (Wildman–Crippen LogP) is 6.11. The zero-order chi connectivity index (χ0) is 27.5. The third kappa shape index (κ3) is 5.22. The molecule has 0 aliphatic carbocycles. The Morgan fingerprint density at radius 3 is 2.49 bits per heavy atom. The predicted molar refractivity (Wildman–Crippen MR) is 154 cm³/mol. The second-order valence-electron chi connectivity index (χ2n) is 9.24. The summed E-state index contributed by atoms with van der Waals surface area (Å²) in [6.07, 6.45) is 2.62. The van der Waals surface area contributed by atoms with Crippen LogP contribution in [0.15, 0.2) is 77.7 Å². The van der Waals surface area contributed by atoms with Crippen LogP contribution in [0.5, 0.6) is 0 Å². The minimum Gasteiger partial charge on any atom is -0.340 e. The number of nitriles is 1. The summed E-state index contributed by atoms with van der Waals surface area (Å²) in [6, 6.07) is 25.0. The van der Waals surface area contributed by atoms with Crippen LogP contribution in [0.25, 0.3) is 17.0 Å². The molecule has 2 heterocycles. The van der Waals surface area contributed by atoms with Crippen LogP contribution < -0.4 is 5.32 Å². The molecule has 0 unspecified atom stereocenters. The van der Waals surface area contributed by atoms with E-state index in [0.29, 0.717) is 17.8 Å². The molecule has 194 valence electrons. The number of carbonyl (C=O) groups excluding carboxylic acids is 3. The maximum absolute atomic E-state index is 13.2. The van der Waals surface area contributed by atoms with E-state index >= 15 is 0 Å². The number of thioether (sulfide) groups is 1. The molecule has 0 saturated carbocycles. The van der Waals surface area contributed by atoms with Crippen molar-refractivity contribution in [2.24, 2.45) is 0 Å². The van der Waals surface area contributed by atoms with Crippen molar-refractivity contribution in [3.05, 3.63) is 106 Å². The van der Waals surface area contributed by atoms with Crippen molar-refractivity contribution < 1.29 is 14.4 Å². The number of carbonyl (C=O) groups is 3. The average Bonchev–Trinajstić information content (AvgIpc) is 3.36. The number of anilines is 1. The lowest BCUT2D eigenvalue weighted by atomic mass is 10.1. The van der Waals surface area contributed by atoms with E-state index in [1.165, 1.54) is 0 Å². The molecule has 0 radical (unpaired) electrons. The number of hydrogen-bond acceptors (Lipinski definition) is 5. The molecule has 1 aromatic heterocycles. The van der Waals surface area contributed by atoms with E-state index in [-0.39, 0.29) is 11.4 Å². The number of fused-ring (bicyclic) bond motifs is 1. The highest BCUT2D eigenvalue weighted by Gasteiger charge is 2.36. The number of imide groups is 1. The van der Waals surface area contributed by atoms with Gasteiger partial charge in [-0.15, -0.1) is 0 Å². The second kappa shape index (κ2) is 11.0. The number of aryl methyl sites for hydroxylation is 1. The van der Waals surface area contributed by atoms with E-state index in [0.717, 1.165) is 56.4 Å². The molecule has 4 aromatic rings. The van der Waals surface area contributed by atoms with E-state index < -0.39 is 17.1 Å². The lowest BCUT2D eigenvalue weighted by Gasteiger charge is -2.12. The van der Waals surface area contributed by atoms with Crippen molar-refractivity contribution in [2.75, 3.05) is 11.9 Å². The first-order valence-corrected chi connectivity index (χ1v) is 13.4. The summed E-state index contributed by atoms with van der Waals surface area (Å²) >= 11 is 0.833. The van der Waals surface area contributed by atoms with Gasteiger partial charge in [0, 0.05) is 34.4 Å². The molecule has 5 rings (SSSR count). The lowest BCUT2D eigenvalue weighted by Crippen LogP contribution is -2.36. The molecule has 1 fully saturated rings. The van der Waals surface area contributed by atoms with Crippen LogP contribution in [0.1, 0.15) is 34.9 Å². The van der Waals surface area contributed by atoms with E-state index in [1.807, 2.05) is 68.4 Å². The standard InChI is InChI=1S/C31H26N4O3S/c1-3-21-12-14-24(15-13-21)33-29(36)19-35-30(37)28(39-31(35)38)16-26-20(2)34(27-11-7-6-10-25(26)27)18-23-9-5-4-8-22(23)17-32/h4-16H,3,18-19H2,1-2H3,(H,33,36)/b28-16-. The third-order valence-electron chi connectivity index (χ3n) is 6.84. The van der Waals surface area contributed by atoms with Crippen LogP contribution in [0.4, 0.5) is 10.5 Å². The normalized spacial score (nSPS) is 14.3. The van der Waals surface area contributed by atoms with Gasteiger partial charge in [-0.2, -0.15) is 5.26 Å². The number of aromatic nitrogens is 1. The van der Waals surface area contributed by atoms with Gasteiger partial charge in [0.1, 0.15) is 6.54 Å². The summed E-state index contributed by atoms with van der Waals surface area (Å²) in [4.78, 5) is 39.8. The largest absolute Gasteiger partial charge is 0.340 e. The fraction of sp³-hybridized carbons (Fsp3) is 0.161. The van der Waals surface area contributed by atoms with Crippen molar-refractivity contribution in [1.29, 1.82) is 5.26 Å². The zero-order valence-electron chi connectivity index (χ0n) is 21.6. The fourth-order valence-corrected chi connectivity index (χ4v) is 5.54. The van der Waals surface area contributed by atoms with E-state index in [4.69, 9.17) is 0 Å². The number of benzene rings is 3. The zero-order valence-corrected chi connectivity index (χ0v) is 22.4. The van der Waals surface area contributed by atoms with Gasteiger partial charge in [0.2, 0.25) is 5.91 Å². The van der Waals surface area contributed by atoms with Gasteiger partial charge in [-0.05, 0) is 66.6 Å². The maximum atomic E-state index is 13.2. The van der Waals surface area contributed by atoms with Crippen molar-refractivity contribution in [1.82, 2.24) is 9.47 Å². The van der Waals surface area contributed by atoms with Gasteiger partial charge in [-0.25, -0.2) is 0 Å². The molecule has 8 heteroatoms. The first-order chi connectivity index (χ1) is 18.9. The Kier molecular flexibility index (Phi) is 7.35. The van der Waals surface area contributed by atoms with Crippen LogP contribution in [0, 0.1) is 18.3 Å². The van der Waals surface area contributed by atoms with Gasteiger partial charge >= 0.3 is 0 Å². The molecule has 0 bridgehead atoms. The summed E-state index contributed by atoms with van der Waals surface area (Å²) < 4.78 is 2.11. The Bertz CT molecular complexity index is 1680. The number of para-hydroxylation sites is 1. The van der Waals surface area contributed by atoms with Crippen LogP contribution in [0.2, 0.25) is 0 Å². The molecule has 0 spiro atoms. The highest BCUT2D eigenvalue weighted by Crippen LogP contribution is 2.36. The second-order valence-corrected chi connectivity index (χ2v) is 10.2. The van der Waals surface area contributed by atoms with E-state index in [1.54, 1.807) is 24.3 Å². The fourth-order valence-electron chi connectivity index (χ4n) is 4.72. The molecular formula is C31H26N4O3S. The number of amides is 3. The monoisotopic (exact) mass is 534 g/mol. The van der Waals surface area contributed by atoms with Crippen LogP contribution in [-0.4, -0.2) is 33.1 Å². The minimum atomic E-state index is -0.493. The highest BCUT2D eigenvalue weighted by molar-refractivity contribution is 8.18. The van der Waals surface area contributed by atoms with E-state index in [9.17, 15) is 19.6 Å². The van der Waals surface area contributed by atoms with Crippen molar-refractivity contribution in [2.45, 2.75) is 26.8 Å². The molecule has 7 nitrogen and oxygen atoms in total. The smallest absolute Gasteiger partial charge is 0.294 e. The molecule has 3 amide bonds. The first kappa shape index (κ1) is 26.0. The highest BCUT2D eigenvalue weighted by atomic mass is 32.2. The van der Waals surface area contributed by atoms with Crippen LogP contribution >= 0.6 is 11.8 Å². The SMILES string of the molecule is CCc1ccc(NC(=O)CN2C(=O)S/C(=C\c3c(C)n(Cc4ccccc4C#N)c4ccccc34)C2=O)cc1. The molecule has 1 saturated heterocycles. The summed E-state index contributed by atoms with van der Waals surface area (Å²) in [7, 11) is 0. The minimum absolute atomic E-state index is 0.267. The lowest BCUT2D eigenvalue weighted by molar-refractivity contribution is -0.127. The first-order valence-electron chi connectivity index (χ1n) is 12.6. The Morgan fingerprint density at radius 1 is 1.03 bits per heavy atom. The van der Waals surface area contributed by atoms with Gasteiger partial charge in [0.15, 0.2) is 0 Å². The number of hydrogen-bond donors (Lipinski definition) is 1. The Balaban J connectivity index is 1.41. The average molecular weight is 535 g/mol. The molecule has 1 aliphatic rings. The van der Waals surface area contributed by atoms with Gasteiger partial charge in [-0.1, -0.05) is 55.5 Å². The Morgan fingerprint density at radius 2 is 1.74 bits per heavy atom. The van der Waals surface area contributed by atoms with Gasteiger partial charge in [0.05, 0.1) is 16.5 Å². The van der Waals surface area contributed by atoms with Crippen LogP contribution in [0.3, 0.4) is 0 Å². The summed E-state index contributed by atoms with van der Waals surface area (Å²) in [5.74, 6) is -0.931. The third-order valence-corrected chi connectivity index (χ3v) is 7.75. The summed E-state index contributed by atoms with van der Waals surface area (Å²) in [5.41, 5.74) is 5.95. The summed E-state index contributed by atoms with van der Waals surface area (Å²) in [5, 5.41) is 12.8.